The lowest BCUT2D eigenvalue weighted by molar-refractivity contribution is 0.181. The summed E-state index contributed by atoms with van der Waals surface area (Å²) in [5, 5.41) is 0. The Morgan fingerprint density at radius 1 is 1.38 bits per heavy atom. The van der Waals surface area contributed by atoms with Crippen LogP contribution in [0, 0.1) is 5.92 Å². The summed E-state index contributed by atoms with van der Waals surface area (Å²) in [6, 6.07) is 0. The van der Waals surface area contributed by atoms with E-state index >= 15 is 0 Å². The summed E-state index contributed by atoms with van der Waals surface area (Å²) in [7, 11) is 0. The second-order valence-electron chi connectivity index (χ2n) is 4.56. The molecule has 0 aromatic carbocycles. The molecule has 0 spiro atoms. The van der Waals surface area contributed by atoms with Crippen molar-refractivity contribution in [2.75, 3.05) is 26.2 Å². The zero-order valence-corrected chi connectivity index (χ0v) is 12.5. The Morgan fingerprint density at radius 3 is 2.75 bits per heavy atom. The molecule has 1 fully saturated rings. The molecule has 4 N–H and O–H groups in total. The Kier molecular flexibility index (Phi) is 9.02. The number of nitrogens with two attached hydrogens (primary N) is 2. The largest absolute Gasteiger partial charge is 0.370 e. The molecule has 1 saturated heterocycles. The molecule has 0 bridgehead atoms. The van der Waals surface area contributed by atoms with Gasteiger partial charge < -0.3 is 16.4 Å². The molecule has 96 valence electrons. The number of halogens is 1. The number of hydrogen-bond donors (Lipinski definition) is 2. The lowest BCUT2D eigenvalue weighted by Crippen LogP contribution is -2.35. The third-order valence-electron chi connectivity index (χ3n) is 2.92. The average molecular weight is 340 g/mol. The van der Waals surface area contributed by atoms with Gasteiger partial charge in [-0.1, -0.05) is 6.92 Å². The monoisotopic (exact) mass is 340 g/mol. The minimum atomic E-state index is 0. The van der Waals surface area contributed by atoms with E-state index in [1.54, 1.807) is 0 Å². The molecule has 1 unspecified atom stereocenters. The summed E-state index contributed by atoms with van der Waals surface area (Å²) >= 11 is 0. The molecule has 0 aromatic heterocycles. The van der Waals surface area contributed by atoms with Crippen LogP contribution in [0.4, 0.5) is 0 Å². The maximum absolute atomic E-state index is 5.25. The number of aliphatic imine (C=N–C) groups is 1. The topological polar surface area (TPSA) is 67.6 Å². The molecule has 5 heteroatoms. The van der Waals surface area contributed by atoms with Crippen molar-refractivity contribution in [3.8, 4) is 0 Å². The Morgan fingerprint density at radius 2 is 2.12 bits per heavy atom. The molecule has 0 radical (unpaired) electrons. The normalized spacial score (nSPS) is 21.2. The SMILES string of the molecule is CC1CCCN(CCCCN=C(N)N)C1.I. The van der Waals surface area contributed by atoms with Crippen molar-refractivity contribution in [3.05, 3.63) is 0 Å². The van der Waals surface area contributed by atoms with Gasteiger partial charge in [0.2, 0.25) is 0 Å². The molecule has 0 aliphatic carbocycles. The molecule has 1 atom stereocenters. The van der Waals surface area contributed by atoms with E-state index in [0.717, 1.165) is 18.9 Å². The van der Waals surface area contributed by atoms with Gasteiger partial charge in [0, 0.05) is 13.1 Å². The first-order valence-electron chi connectivity index (χ1n) is 5.96. The van der Waals surface area contributed by atoms with E-state index in [2.05, 4.69) is 16.8 Å². The van der Waals surface area contributed by atoms with Gasteiger partial charge in [-0.05, 0) is 44.7 Å². The van der Waals surface area contributed by atoms with Gasteiger partial charge in [0.25, 0.3) is 0 Å². The van der Waals surface area contributed by atoms with E-state index in [1.165, 1.54) is 38.9 Å². The summed E-state index contributed by atoms with van der Waals surface area (Å²) in [4.78, 5) is 6.54. The van der Waals surface area contributed by atoms with Crippen molar-refractivity contribution in [1.29, 1.82) is 0 Å². The highest BCUT2D eigenvalue weighted by Crippen LogP contribution is 2.15. The molecule has 16 heavy (non-hydrogen) atoms. The molecule has 1 heterocycles. The highest BCUT2D eigenvalue weighted by molar-refractivity contribution is 14.0. The Labute approximate surface area is 116 Å². The third-order valence-corrected chi connectivity index (χ3v) is 2.92. The van der Waals surface area contributed by atoms with Gasteiger partial charge in [0.15, 0.2) is 5.96 Å². The van der Waals surface area contributed by atoms with Crippen molar-refractivity contribution in [1.82, 2.24) is 4.90 Å². The second kappa shape index (κ2) is 9.04. The van der Waals surface area contributed by atoms with Gasteiger partial charge in [-0.25, -0.2) is 0 Å². The first-order chi connectivity index (χ1) is 7.18. The molecule has 0 aromatic rings. The van der Waals surface area contributed by atoms with E-state index in [4.69, 9.17) is 11.5 Å². The third kappa shape index (κ3) is 7.27. The van der Waals surface area contributed by atoms with Crippen LogP contribution >= 0.6 is 24.0 Å². The van der Waals surface area contributed by atoms with Crippen LogP contribution in [0.1, 0.15) is 32.6 Å². The fourth-order valence-corrected chi connectivity index (χ4v) is 2.15. The van der Waals surface area contributed by atoms with Crippen LogP contribution in [0.3, 0.4) is 0 Å². The number of piperidine rings is 1. The summed E-state index contributed by atoms with van der Waals surface area (Å²) < 4.78 is 0. The maximum atomic E-state index is 5.25. The van der Waals surface area contributed by atoms with Gasteiger partial charge in [0.05, 0.1) is 0 Å². The molecular formula is C11H25IN4. The Balaban J connectivity index is 0.00000225. The van der Waals surface area contributed by atoms with Crippen molar-refractivity contribution >= 4 is 29.9 Å². The second-order valence-corrected chi connectivity index (χ2v) is 4.56. The number of rotatable bonds is 5. The van der Waals surface area contributed by atoms with Crippen LogP contribution in [0.25, 0.3) is 0 Å². The predicted molar refractivity (Wildman–Crippen MR) is 80.2 cm³/mol. The van der Waals surface area contributed by atoms with Gasteiger partial charge in [0.1, 0.15) is 0 Å². The van der Waals surface area contributed by atoms with Crippen molar-refractivity contribution in [2.24, 2.45) is 22.4 Å². The highest BCUT2D eigenvalue weighted by Gasteiger charge is 2.14. The van der Waals surface area contributed by atoms with Crippen LogP contribution in [0.5, 0.6) is 0 Å². The van der Waals surface area contributed by atoms with Crippen molar-refractivity contribution in [3.63, 3.8) is 0 Å². The van der Waals surface area contributed by atoms with E-state index in [9.17, 15) is 0 Å². The summed E-state index contributed by atoms with van der Waals surface area (Å²) in [5.74, 6) is 1.08. The molecule has 0 amide bonds. The van der Waals surface area contributed by atoms with Crippen LogP contribution in [-0.2, 0) is 0 Å². The van der Waals surface area contributed by atoms with E-state index < -0.39 is 0 Å². The number of nitrogens with zero attached hydrogens (tertiary/aromatic N) is 2. The lowest BCUT2D eigenvalue weighted by atomic mass is 10.0. The molecule has 1 aliphatic heterocycles. The van der Waals surface area contributed by atoms with Gasteiger partial charge in [-0.2, -0.15) is 0 Å². The summed E-state index contributed by atoms with van der Waals surface area (Å²) in [6.07, 6.45) is 5.03. The van der Waals surface area contributed by atoms with E-state index in [0.29, 0.717) is 0 Å². The Hall–Kier alpha value is -0.0400. The average Bonchev–Trinajstić information content (AvgIpc) is 2.17. The number of unbranched alkanes of at least 4 members (excludes halogenated alkanes) is 1. The van der Waals surface area contributed by atoms with E-state index in [-0.39, 0.29) is 29.9 Å². The molecule has 0 saturated carbocycles. The summed E-state index contributed by atoms with van der Waals surface area (Å²) in [5.41, 5.74) is 10.5. The van der Waals surface area contributed by atoms with Gasteiger partial charge >= 0.3 is 0 Å². The summed E-state index contributed by atoms with van der Waals surface area (Å²) in [6.45, 7) is 6.84. The highest BCUT2D eigenvalue weighted by atomic mass is 127. The first kappa shape index (κ1) is 16.0. The molecule has 1 rings (SSSR count). The number of hydrogen-bond acceptors (Lipinski definition) is 2. The smallest absolute Gasteiger partial charge is 0.185 e. The number of guanidine groups is 1. The zero-order chi connectivity index (χ0) is 11.1. The Bertz CT molecular complexity index is 204. The maximum Gasteiger partial charge on any atom is 0.185 e. The van der Waals surface area contributed by atoms with Gasteiger partial charge in [-0.15, -0.1) is 24.0 Å². The predicted octanol–water partition coefficient (Wildman–Crippen LogP) is 1.39. The standard InChI is InChI=1S/C11H24N4.HI/c1-10-5-4-8-15(9-10)7-3-2-6-14-11(12)13;/h10H,2-9H2,1H3,(H4,12,13,14);1H. The van der Waals surface area contributed by atoms with E-state index in [1.807, 2.05) is 0 Å². The van der Waals surface area contributed by atoms with Crippen LogP contribution in [0.15, 0.2) is 4.99 Å². The molecule has 1 aliphatic rings. The minimum absolute atomic E-state index is 0. The first-order valence-corrected chi connectivity index (χ1v) is 5.96. The van der Waals surface area contributed by atoms with Crippen molar-refractivity contribution < 1.29 is 0 Å². The van der Waals surface area contributed by atoms with Crippen molar-refractivity contribution in [2.45, 2.75) is 32.6 Å². The minimum Gasteiger partial charge on any atom is -0.370 e. The van der Waals surface area contributed by atoms with Crippen LogP contribution < -0.4 is 11.5 Å². The molecule has 4 nitrogen and oxygen atoms in total. The number of likely N-dealkylation sites (tertiary alicyclic amines) is 1. The zero-order valence-electron chi connectivity index (χ0n) is 10.2. The van der Waals surface area contributed by atoms with Gasteiger partial charge in [-0.3, -0.25) is 4.99 Å². The van der Waals surface area contributed by atoms with Crippen LogP contribution in [0.2, 0.25) is 0 Å². The van der Waals surface area contributed by atoms with Crippen LogP contribution in [-0.4, -0.2) is 37.0 Å². The quantitative estimate of drug-likeness (QED) is 0.344. The fourth-order valence-electron chi connectivity index (χ4n) is 2.15. The molecular weight excluding hydrogens is 315 g/mol. The fraction of sp³-hybridized carbons (Fsp3) is 0.909. The lowest BCUT2D eigenvalue weighted by Gasteiger charge is -2.30.